The first kappa shape index (κ1) is 10.1. The van der Waals surface area contributed by atoms with Gasteiger partial charge in [-0.1, -0.05) is 0 Å². The summed E-state index contributed by atoms with van der Waals surface area (Å²) in [7, 11) is 0. The van der Waals surface area contributed by atoms with Crippen molar-refractivity contribution in [1.29, 1.82) is 0 Å². The van der Waals surface area contributed by atoms with Crippen molar-refractivity contribution >= 4 is 11.8 Å². The van der Waals surface area contributed by atoms with Gasteiger partial charge in [-0.2, -0.15) is 0 Å². The molecule has 0 saturated heterocycles. The number of rotatable bonds is 3. The Kier molecular flexibility index (Phi) is 2.93. The third-order valence-corrected chi connectivity index (χ3v) is 2.45. The highest BCUT2D eigenvalue weighted by molar-refractivity contribution is 7.99. The van der Waals surface area contributed by atoms with Crippen molar-refractivity contribution < 1.29 is 0 Å². The first-order valence-corrected chi connectivity index (χ1v) is 5.17. The van der Waals surface area contributed by atoms with Crippen LogP contribution in [0.15, 0.2) is 22.6 Å². The van der Waals surface area contributed by atoms with Crippen LogP contribution in [0.25, 0.3) is 0 Å². The molecule has 0 saturated carbocycles. The van der Waals surface area contributed by atoms with Crippen LogP contribution in [0.3, 0.4) is 0 Å². The second kappa shape index (κ2) is 4.37. The molecule has 0 aromatic carbocycles. The quantitative estimate of drug-likeness (QED) is 0.786. The van der Waals surface area contributed by atoms with Gasteiger partial charge in [0.1, 0.15) is 10.9 Å². The number of nitrogens with zero attached hydrogens (tertiary/aromatic N) is 4. The highest BCUT2D eigenvalue weighted by Gasteiger charge is 2.04. The molecular formula is C8H10N6S. The predicted octanol–water partition coefficient (Wildman–Crippen LogP) is 0.513. The molecule has 7 heteroatoms. The van der Waals surface area contributed by atoms with Crippen molar-refractivity contribution in [3.05, 3.63) is 23.9 Å². The zero-order valence-corrected chi connectivity index (χ0v) is 8.95. The smallest absolute Gasteiger partial charge is 0.214 e. The zero-order valence-electron chi connectivity index (χ0n) is 8.14. The Morgan fingerprint density at radius 2 is 2.27 bits per heavy atom. The SMILES string of the molecule is Cc1nc(Sc2cnc(CN)cn2)n[nH]1. The molecule has 2 aromatic heterocycles. The molecule has 0 unspecified atom stereocenters. The first-order valence-electron chi connectivity index (χ1n) is 4.36. The van der Waals surface area contributed by atoms with Gasteiger partial charge in [0.2, 0.25) is 5.16 Å². The molecule has 0 atom stereocenters. The molecule has 0 aliphatic rings. The highest BCUT2D eigenvalue weighted by atomic mass is 32.2. The number of nitrogens with one attached hydrogen (secondary N) is 1. The molecule has 3 N–H and O–H groups in total. The summed E-state index contributed by atoms with van der Waals surface area (Å²) in [5.74, 6) is 0.782. The Morgan fingerprint density at radius 3 is 2.80 bits per heavy atom. The van der Waals surface area contributed by atoms with Crippen LogP contribution in [0.5, 0.6) is 0 Å². The molecule has 15 heavy (non-hydrogen) atoms. The minimum absolute atomic E-state index is 0.401. The third kappa shape index (κ3) is 2.51. The summed E-state index contributed by atoms with van der Waals surface area (Å²) in [6.45, 7) is 2.25. The molecule has 6 nitrogen and oxygen atoms in total. The molecular weight excluding hydrogens is 212 g/mol. The number of nitrogens with two attached hydrogens (primary N) is 1. The Bertz CT molecular complexity index is 437. The molecule has 2 heterocycles. The van der Waals surface area contributed by atoms with E-state index in [1.165, 1.54) is 11.8 Å². The molecule has 0 bridgehead atoms. The van der Waals surface area contributed by atoms with Gasteiger partial charge < -0.3 is 5.73 Å². The zero-order chi connectivity index (χ0) is 10.7. The molecule has 0 spiro atoms. The Labute approximate surface area is 90.7 Å². The average Bonchev–Trinajstić information content (AvgIpc) is 2.65. The lowest BCUT2D eigenvalue weighted by Crippen LogP contribution is -2.00. The lowest BCUT2D eigenvalue weighted by Gasteiger charge is -1.97. The van der Waals surface area contributed by atoms with E-state index in [1.807, 2.05) is 6.92 Å². The third-order valence-electron chi connectivity index (χ3n) is 1.66. The van der Waals surface area contributed by atoms with Crippen LogP contribution in [0.2, 0.25) is 0 Å². The number of hydrogen-bond donors (Lipinski definition) is 2. The van der Waals surface area contributed by atoms with Crippen LogP contribution in [0, 0.1) is 6.92 Å². The summed E-state index contributed by atoms with van der Waals surface area (Å²) in [6, 6.07) is 0. The fraction of sp³-hybridized carbons (Fsp3) is 0.250. The number of aryl methyl sites for hydroxylation is 1. The van der Waals surface area contributed by atoms with Gasteiger partial charge in [-0.25, -0.2) is 9.97 Å². The van der Waals surface area contributed by atoms with Crippen LogP contribution < -0.4 is 5.73 Å². The van der Waals surface area contributed by atoms with Gasteiger partial charge in [0.15, 0.2) is 0 Å². The Morgan fingerprint density at radius 1 is 1.40 bits per heavy atom. The van der Waals surface area contributed by atoms with Crippen LogP contribution in [0.4, 0.5) is 0 Å². The van der Waals surface area contributed by atoms with Crippen LogP contribution in [0.1, 0.15) is 11.5 Å². The minimum Gasteiger partial charge on any atom is -0.325 e. The Hall–Kier alpha value is -1.47. The normalized spacial score (nSPS) is 10.5. The highest BCUT2D eigenvalue weighted by Crippen LogP contribution is 2.20. The van der Waals surface area contributed by atoms with Crippen molar-refractivity contribution in [1.82, 2.24) is 25.1 Å². The van der Waals surface area contributed by atoms with E-state index >= 15 is 0 Å². The molecule has 2 rings (SSSR count). The van der Waals surface area contributed by atoms with Crippen molar-refractivity contribution in [2.24, 2.45) is 5.73 Å². The van der Waals surface area contributed by atoms with E-state index in [4.69, 9.17) is 5.73 Å². The number of aromatic amines is 1. The minimum atomic E-state index is 0.401. The maximum atomic E-state index is 5.42. The van der Waals surface area contributed by atoms with E-state index in [9.17, 15) is 0 Å². The fourth-order valence-electron chi connectivity index (χ4n) is 0.962. The number of aromatic nitrogens is 5. The molecule has 78 valence electrons. The maximum absolute atomic E-state index is 5.42. The topological polar surface area (TPSA) is 93.4 Å². The summed E-state index contributed by atoms with van der Waals surface area (Å²) in [5.41, 5.74) is 6.19. The van der Waals surface area contributed by atoms with Gasteiger partial charge in [0.05, 0.1) is 18.1 Å². The summed E-state index contributed by atoms with van der Waals surface area (Å²) in [6.07, 6.45) is 3.32. The predicted molar refractivity (Wildman–Crippen MR) is 55.2 cm³/mol. The van der Waals surface area contributed by atoms with Gasteiger partial charge in [-0.05, 0) is 18.7 Å². The van der Waals surface area contributed by atoms with Gasteiger partial charge >= 0.3 is 0 Å². The molecule has 0 aliphatic heterocycles. The van der Waals surface area contributed by atoms with E-state index < -0.39 is 0 Å². The average molecular weight is 222 g/mol. The van der Waals surface area contributed by atoms with Crippen molar-refractivity contribution in [3.8, 4) is 0 Å². The monoisotopic (exact) mass is 222 g/mol. The first-order chi connectivity index (χ1) is 7.28. The van der Waals surface area contributed by atoms with E-state index in [0.29, 0.717) is 11.7 Å². The van der Waals surface area contributed by atoms with Crippen molar-refractivity contribution in [2.45, 2.75) is 23.7 Å². The van der Waals surface area contributed by atoms with E-state index in [0.717, 1.165) is 16.5 Å². The lowest BCUT2D eigenvalue weighted by molar-refractivity contribution is 0.915. The van der Waals surface area contributed by atoms with E-state index in [1.54, 1.807) is 12.4 Å². The van der Waals surface area contributed by atoms with Crippen LogP contribution >= 0.6 is 11.8 Å². The van der Waals surface area contributed by atoms with Crippen LogP contribution in [-0.4, -0.2) is 25.1 Å². The summed E-state index contributed by atoms with van der Waals surface area (Å²) in [5, 5.41) is 8.15. The molecule has 2 aromatic rings. The van der Waals surface area contributed by atoms with Crippen LogP contribution in [-0.2, 0) is 6.54 Å². The van der Waals surface area contributed by atoms with Crippen molar-refractivity contribution in [3.63, 3.8) is 0 Å². The van der Waals surface area contributed by atoms with Crippen molar-refractivity contribution in [2.75, 3.05) is 0 Å². The molecule has 0 radical (unpaired) electrons. The standard InChI is InChI=1S/C8H10N6S/c1-5-12-8(14-13-5)15-7-4-10-6(2-9)3-11-7/h3-4H,2,9H2,1H3,(H,12,13,14). The lowest BCUT2D eigenvalue weighted by atomic mass is 10.5. The van der Waals surface area contributed by atoms with E-state index in [-0.39, 0.29) is 0 Å². The summed E-state index contributed by atoms with van der Waals surface area (Å²) in [4.78, 5) is 12.5. The van der Waals surface area contributed by atoms with Gasteiger partial charge in [0, 0.05) is 6.54 Å². The number of H-pyrrole nitrogens is 1. The molecule has 0 aliphatic carbocycles. The van der Waals surface area contributed by atoms with Gasteiger partial charge in [-0.15, -0.1) is 5.10 Å². The van der Waals surface area contributed by atoms with E-state index in [2.05, 4.69) is 25.1 Å². The summed E-state index contributed by atoms with van der Waals surface area (Å²) >= 11 is 1.36. The maximum Gasteiger partial charge on any atom is 0.214 e. The summed E-state index contributed by atoms with van der Waals surface area (Å²) < 4.78 is 0. The van der Waals surface area contributed by atoms with Gasteiger partial charge in [0.25, 0.3) is 0 Å². The second-order valence-corrected chi connectivity index (χ2v) is 3.84. The van der Waals surface area contributed by atoms with Gasteiger partial charge in [-0.3, -0.25) is 10.1 Å². The molecule has 0 amide bonds. The second-order valence-electron chi connectivity index (χ2n) is 2.86. The number of hydrogen-bond acceptors (Lipinski definition) is 6. The largest absolute Gasteiger partial charge is 0.325 e. The molecule has 0 fully saturated rings. The Balaban J connectivity index is 2.11. The fourth-order valence-corrected chi connectivity index (χ4v) is 1.63.